The molecule has 0 spiro atoms. The van der Waals surface area contributed by atoms with Crippen molar-refractivity contribution < 1.29 is 4.74 Å². The van der Waals surface area contributed by atoms with Gasteiger partial charge in [-0.1, -0.05) is 55.8 Å². The summed E-state index contributed by atoms with van der Waals surface area (Å²) >= 11 is 0. The van der Waals surface area contributed by atoms with Gasteiger partial charge in [0, 0.05) is 6.54 Å². The molecule has 2 heteroatoms. The Hall–Kier alpha value is -1.80. The lowest BCUT2D eigenvalue weighted by atomic mass is 10.1. The molecule has 0 atom stereocenters. The number of hydrogen-bond donors (Lipinski definition) is 1. The predicted octanol–water partition coefficient (Wildman–Crippen LogP) is 4.71. The van der Waals surface area contributed by atoms with Crippen LogP contribution in [0, 0.1) is 12.8 Å². The predicted molar refractivity (Wildman–Crippen MR) is 93.1 cm³/mol. The van der Waals surface area contributed by atoms with Crippen LogP contribution in [-0.4, -0.2) is 6.54 Å². The average Bonchev–Trinajstić information content (AvgIpc) is 2.51. The van der Waals surface area contributed by atoms with E-state index in [1.54, 1.807) is 0 Å². The molecule has 0 aliphatic heterocycles. The van der Waals surface area contributed by atoms with Gasteiger partial charge in [0.1, 0.15) is 12.4 Å². The molecule has 0 unspecified atom stereocenters. The first-order chi connectivity index (χ1) is 10.6. The molecule has 0 amide bonds. The minimum absolute atomic E-state index is 0.619. The van der Waals surface area contributed by atoms with E-state index in [-0.39, 0.29) is 0 Å². The van der Waals surface area contributed by atoms with E-state index in [9.17, 15) is 0 Å². The van der Waals surface area contributed by atoms with Gasteiger partial charge in [-0.2, -0.15) is 0 Å². The summed E-state index contributed by atoms with van der Waals surface area (Å²) in [7, 11) is 0. The Kier molecular flexibility index (Phi) is 6.47. The van der Waals surface area contributed by atoms with Crippen LogP contribution in [0.4, 0.5) is 0 Å². The molecule has 0 aliphatic rings. The fourth-order valence-corrected chi connectivity index (χ4v) is 2.30. The maximum Gasteiger partial charge on any atom is 0.119 e. The quantitative estimate of drug-likeness (QED) is 0.712. The molecular formula is C20H27NO. The van der Waals surface area contributed by atoms with Crippen LogP contribution < -0.4 is 10.1 Å². The molecule has 2 aromatic rings. The molecule has 0 saturated heterocycles. The SMILES string of the molecule is Cc1cccc(COc2ccc(CNCCC(C)C)cc2)c1. The lowest BCUT2D eigenvalue weighted by molar-refractivity contribution is 0.306. The monoisotopic (exact) mass is 297 g/mol. The third-order valence-electron chi connectivity index (χ3n) is 3.64. The van der Waals surface area contributed by atoms with Crippen LogP contribution in [0.15, 0.2) is 48.5 Å². The average molecular weight is 297 g/mol. The van der Waals surface area contributed by atoms with E-state index in [1.165, 1.54) is 23.1 Å². The summed E-state index contributed by atoms with van der Waals surface area (Å²) in [6.07, 6.45) is 1.22. The van der Waals surface area contributed by atoms with Crippen molar-refractivity contribution in [1.29, 1.82) is 0 Å². The summed E-state index contributed by atoms with van der Waals surface area (Å²) in [4.78, 5) is 0. The Bertz CT molecular complexity index is 560. The lowest BCUT2D eigenvalue weighted by Crippen LogP contribution is -2.16. The highest BCUT2D eigenvalue weighted by molar-refractivity contribution is 5.28. The van der Waals surface area contributed by atoms with Crippen LogP contribution in [0.3, 0.4) is 0 Å². The molecule has 0 saturated carbocycles. The molecule has 0 fully saturated rings. The maximum absolute atomic E-state index is 5.84. The molecule has 2 nitrogen and oxygen atoms in total. The fourth-order valence-electron chi connectivity index (χ4n) is 2.30. The number of benzene rings is 2. The van der Waals surface area contributed by atoms with E-state index < -0.39 is 0 Å². The second-order valence-corrected chi connectivity index (χ2v) is 6.28. The van der Waals surface area contributed by atoms with Gasteiger partial charge in [0.2, 0.25) is 0 Å². The number of rotatable bonds is 8. The van der Waals surface area contributed by atoms with E-state index >= 15 is 0 Å². The Labute approximate surface area is 134 Å². The second-order valence-electron chi connectivity index (χ2n) is 6.28. The molecule has 0 bridgehead atoms. The van der Waals surface area contributed by atoms with Crippen molar-refractivity contribution in [3.05, 3.63) is 65.2 Å². The van der Waals surface area contributed by atoms with E-state index in [4.69, 9.17) is 4.74 Å². The number of ether oxygens (including phenoxy) is 1. The van der Waals surface area contributed by atoms with Crippen LogP contribution >= 0.6 is 0 Å². The highest BCUT2D eigenvalue weighted by atomic mass is 16.5. The van der Waals surface area contributed by atoms with Crippen LogP contribution in [0.25, 0.3) is 0 Å². The lowest BCUT2D eigenvalue weighted by Gasteiger charge is -2.09. The molecular weight excluding hydrogens is 270 g/mol. The molecule has 22 heavy (non-hydrogen) atoms. The first-order valence-corrected chi connectivity index (χ1v) is 8.11. The Balaban J connectivity index is 1.77. The van der Waals surface area contributed by atoms with Gasteiger partial charge >= 0.3 is 0 Å². The standard InChI is InChI=1S/C20H27NO/c1-16(2)11-12-21-14-18-7-9-20(10-8-18)22-15-19-6-4-5-17(3)13-19/h4-10,13,16,21H,11-12,14-15H2,1-3H3. The van der Waals surface area contributed by atoms with Gasteiger partial charge in [-0.3, -0.25) is 0 Å². The van der Waals surface area contributed by atoms with Crippen LogP contribution in [-0.2, 0) is 13.2 Å². The van der Waals surface area contributed by atoms with Gasteiger partial charge in [-0.05, 0) is 49.1 Å². The van der Waals surface area contributed by atoms with E-state index in [0.29, 0.717) is 6.61 Å². The van der Waals surface area contributed by atoms with Gasteiger partial charge in [0.05, 0.1) is 0 Å². The van der Waals surface area contributed by atoms with Crippen LogP contribution in [0.2, 0.25) is 0 Å². The molecule has 0 heterocycles. The minimum Gasteiger partial charge on any atom is -0.489 e. The van der Waals surface area contributed by atoms with Crippen molar-refractivity contribution in [2.75, 3.05) is 6.54 Å². The van der Waals surface area contributed by atoms with E-state index in [0.717, 1.165) is 24.8 Å². The van der Waals surface area contributed by atoms with Gasteiger partial charge in [0.25, 0.3) is 0 Å². The molecule has 0 aromatic heterocycles. The maximum atomic E-state index is 5.84. The summed E-state index contributed by atoms with van der Waals surface area (Å²) in [6, 6.07) is 16.8. The van der Waals surface area contributed by atoms with Crippen molar-refractivity contribution in [2.24, 2.45) is 5.92 Å². The van der Waals surface area contributed by atoms with Crippen molar-refractivity contribution in [3.8, 4) is 5.75 Å². The van der Waals surface area contributed by atoms with Crippen LogP contribution in [0.5, 0.6) is 5.75 Å². The molecule has 118 valence electrons. The fraction of sp³-hybridized carbons (Fsp3) is 0.400. The largest absolute Gasteiger partial charge is 0.489 e. The summed E-state index contributed by atoms with van der Waals surface area (Å²) in [6.45, 7) is 9.22. The first-order valence-electron chi connectivity index (χ1n) is 8.11. The molecule has 0 aliphatic carbocycles. The molecule has 1 N–H and O–H groups in total. The summed E-state index contributed by atoms with van der Waals surface area (Å²) < 4.78 is 5.84. The Morgan fingerprint density at radius 1 is 1.00 bits per heavy atom. The summed E-state index contributed by atoms with van der Waals surface area (Å²) in [5, 5.41) is 3.48. The van der Waals surface area contributed by atoms with Gasteiger partial charge in [-0.15, -0.1) is 0 Å². The van der Waals surface area contributed by atoms with Crippen molar-refractivity contribution >= 4 is 0 Å². The van der Waals surface area contributed by atoms with E-state index in [2.05, 4.69) is 74.6 Å². The summed E-state index contributed by atoms with van der Waals surface area (Å²) in [5.74, 6) is 1.68. The minimum atomic E-state index is 0.619. The summed E-state index contributed by atoms with van der Waals surface area (Å²) in [5.41, 5.74) is 3.77. The highest BCUT2D eigenvalue weighted by Crippen LogP contribution is 2.15. The third kappa shape index (κ3) is 5.90. The number of hydrogen-bond acceptors (Lipinski definition) is 2. The zero-order valence-corrected chi connectivity index (χ0v) is 13.9. The number of nitrogens with one attached hydrogen (secondary N) is 1. The van der Waals surface area contributed by atoms with Crippen LogP contribution in [0.1, 0.15) is 37.0 Å². The molecule has 2 aromatic carbocycles. The first kappa shape index (κ1) is 16.6. The highest BCUT2D eigenvalue weighted by Gasteiger charge is 1.99. The second kappa shape index (κ2) is 8.60. The van der Waals surface area contributed by atoms with Crippen molar-refractivity contribution in [2.45, 2.75) is 40.3 Å². The third-order valence-corrected chi connectivity index (χ3v) is 3.64. The number of aryl methyl sites for hydroxylation is 1. The Morgan fingerprint density at radius 2 is 1.77 bits per heavy atom. The van der Waals surface area contributed by atoms with Crippen molar-refractivity contribution in [3.63, 3.8) is 0 Å². The topological polar surface area (TPSA) is 21.3 Å². The Morgan fingerprint density at radius 3 is 2.45 bits per heavy atom. The normalized spacial score (nSPS) is 10.9. The van der Waals surface area contributed by atoms with E-state index in [1.807, 2.05) is 0 Å². The zero-order valence-electron chi connectivity index (χ0n) is 13.9. The van der Waals surface area contributed by atoms with Gasteiger partial charge < -0.3 is 10.1 Å². The van der Waals surface area contributed by atoms with Crippen molar-refractivity contribution in [1.82, 2.24) is 5.32 Å². The molecule has 2 rings (SSSR count). The molecule has 0 radical (unpaired) electrons. The van der Waals surface area contributed by atoms with Gasteiger partial charge in [0.15, 0.2) is 0 Å². The van der Waals surface area contributed by atoms with Gasteiger partial charge in [-0.25, -0.2) is 0 Å². The zero-order chi connectivity index (χ0) is 15.8. The smallest absolute Gasteiger partial charge is 0.119 e.